The normalized spacial score (nSPS) is 26.5. The molecule has 0 saturated carbocycles. The maximum absolute atomic E-state index is 11.7. The molecule has 0 aliphatic carbocycles. The maximum Gasteiger partial charge on any atom is 0.330 e. The third kappa shape index (κ3) is 2.67. The number of aromatic amines is 1. The molecule has 0 unspecified atom stereocenters. The monoisotopic (exact) mass is 268 g/mol. The Labute approximate surface area is 108 Å². The summed E-state index contributed by atoms with van der Waals surface area (Å²) in [4.78, 5) is 25.5. The van der Waals surface area contributed by atoms with Crippen molar-refractivity contribution < 1.29 is 14.9 Å². The first-order chi connectivity index (χ1) is 9.06. The van der Waals surface area contributed by atoms with E-state index >= 15 is 0 Å². The van der Waals surface area contributed by atoms with Crippen LogP contribution in [0.5, 0.6) is 0 Å². The minimum absolute atomic E-state index is 0.185. The van der Waals surface area contributed by atoms with Crippen LogP contribution in [0.25, 0.3) is 0 Å². The van der Waals surface area contributed by atoms with Crippen molar-refractivity contribution in [3.05, 3.63) is 45.3 Å². The number of ether oxygens (including phenoxy) is 1. The summed E-state index contributed by atoms with van der Waals surface area (Å²) in [6.45, 7) is 3.22. The van der Waals surface area contributed by atoms with Gasteiger partial charge in [-0.2, -0.15) is 0 Å². The minimum atomic E-state index is -0.836. The second kappa shape index (κ2) is 5.52. The number of nitrogens with zero attached hydrogens (tertiary/aromatic N) is 1. The number of allylic oxidation sites excluding steroid dienone is 1. The summed E-state index contributed by atoms with van der Waals surface area (Å²) < 4.78 is 6.60. The van der Waals surface area contributed by atoms with Gasteiger partial charge in [0.25, 0.3) is 5.56 Å². The van der Waals surface area contributed by atoms with Gasteiger partial charge in [0, 0.05) is 18.2 Å². The van der Waals surface area contributed by atoms with E-state index < -0.39 is 29.7 Å². The van der Waals surface area contributed by atoms with Crippen LogP contribution in [0.1, 0.15) is 18.2 Å². The Morgan fingerprint density at radius 1 is 1.58 bits per heavy atom. The Morgan fingerprint density at radius 3 is 2.89 bits per heavy atom. The summed E-state index contributed by atoms with van der Waals surface area (Å²) in [5, 5.41) is 18.7. The van der Waals surface area contributed by atoms with Crippen molar-refractivity contribution in [2.75, 3.05) is 6.61 Å². The standard InChI is InChI=1S/C12H16N2O5/c1-2-3-7-5-14(12(18)13-11(7)17)10-4-8(16)9(6-15)19-10/h2,5,8-10,15-16H,1,3-4,6H2,(H,13,17,18)/t8-,9+,10+/m0/s1. The molecule has 1 aliphatic rings. The highest BCUT2D eigenvalue weighted by atomic mass is 16.5. The molecule has 2 rings (SSSR count). The number of H-pyrrole nitrogens is 1. The van der Waals surface area contributed by atoms with Crippen LogP contribution < -0.4 is 11.2 Å². The highest BCUT2D eigenvalue weighted by molar-refractivity contribution is 5.09. The van der Waals surface area contributed by atoms with Crippen LogP contribution in [0.3, 0.4) is 0 Å². The predicted octanol–water partition coefficient (Wildman–Crippen LogP) is -1.09. The van der Waals surface area contributed by atoms with Gasteiger partial charge in [-0.3, -0.25) is 14.3 Å². The highest BCUT2D eigenvalue weighted by Crippen LogP contribution is 2.27. The van der Waals surface area contributed by atoms with Crippen LogP contribution in [0, 0.1) is 0 Å². The number of aliphatic hydroxyl groups is 2. The summed E-state index contributed by atoms with van der Waals surface area (Å²) in [7, 11) is 0. The van der Waals surface area contributed by atoms with Crippen LogP contribution in [0.15, 0.2) is 28.4 Å². The number of aromatic nitrogens is 2. The number of aliphatic hydroxyl groups excluding tert-OH is 2. The number of hydrogen-bond acceptors (Lipinski definition) is 5. The lowest BCUT2D eigenvalue weighted by atomic mass is 10.2. The molecule has 7 heteroatoms. The summed E-state index contributed by atoms with van der Waals surface area (Å²) in [6, 6.07) is 0. The van der Waals surface area contributed by atoms with Crippen molar-refractivity contribution in [2.45, 2.75) is 31.3 Å². The second-order valence-corrected chi connectivity index (χ2v) is 4.43. The first-order valence-corrected chi connectivity index (χ1v) is 5.96. The Hall–Kier alpha value is -1.70. The first-order valence-electron chi connectivity index (χ1n) is 5.96. The largest absolute Gasteiger partial charge is 0.394 e. The third-order valence-electron chi connectivity index (χ3n) is 3.10. The fourth-order valence-corrected chi connectivity index (χ4v) is 2.09. The summed E-state index contributed by atoms with van der Waals surface area (Å²) in [6.07, 6.45) is 1.22. The van der Waals surface area contributed by atoms with E-state index in [4.69, 9.17) is 9.84 Å². The van der Waals surface area contributed by atoms with E-state index in [0.717, 1.165) is 0 Å². The van der Waals surface area contributed by atoms with Gasteiger partial charge in [0.15, 0.2) is 0 Å². The molecular weight excluding hydrogens is 252 g/mol. The molecule has 3 atom stereocenters. The van der Waals surface area contributed by atoms with E-state index in [0.29, 0.717) is 12.0 Å². The van der Waals surface area contributed by atoms with E-state index in [1.54, 1.807) is 6.08 Å². The van der Waals surface area contributed by atoms with Gasteiger partial charge in [0.2, 0.25) is 0 Å². The molecule has 19 heavy (non-hydrogen) atoms. The Morgan fingerprint density at radius 2 is 2.32 bits per heavy atom. The van der Waals surface area contributed by atoms with Gasteiger partial charge < -0.3 is 14.9 Å². The molecule has 1 aromatic heterocycles. The molecule has 0 amide bonds. The van der Waals surface area contributed by atoms with Crippen molar-refractivity contribution in [1.82, 2.24) is 9.55 Å². The topological polar surface area (TPSA) is 105 Å². The Balaban J connectivity index is 2.35. The van der Waals surface area contributed by atoms with Crippen LogP contribution in [0.2, 0.25) is 0 Å². The molecule has 1 fully saturated rings. The summed E-state index contributed by atoms with van der Waals surface area (Å²) in [5.74, 6) is 0. The average Bonchev–Trinajstić information content (AvgIpc) is 2.74. The minimum Gasteiger partial charge on any atom is -0.394 e. The lowest BCUT2D eigenvalue weighted by Gasteiger charge is -2.15. The lowest BCUT2D eigenvalue weighted by molar-refractivity contribution is -0.0459. The van der Waals surface area contributed by atoms with Crippen molar-refractivity contribution in [2.24, 2.45) is 0 Å². The van der Waals surface area contributed by atoms with Gasteiger partial charge in [-0.05, 0) is 6.42 Å². The van der Waals surface area contributed by atoms with Gasteiger partial charge in [0.05, 0.1) is 12.7 Å². The number of nitrogens with one attached hydrogen (secondary N) is 1. The second-order valence-electron chi connectivity index (χ2n) is 4.43. The smallest absolute Gasteiger partial charge is 0.330 e. The molecule has 1 aliphatic heterocycles. The van der Waals surface area contributed by atoms with Crippen LogP contribution in [-0.2, 0) is 11.2 Å². The zero-order chi connectivity index (χ0) is 14.0. The SMILES string of the molecule is C=CCc1cn([C@H]2C[C@H](O)[C@@H](CO)O2)c(=O)[nH]c1=O. The summed E-state index contributed by atoms with van der Waals surface area (Å²) >= 11 is 0. The number of rotatable bonds is 4. The zero-order valence-corrected chi connectivity index (χ0v) is 10.3. The van der Waals surface area contributed by atoms with Crippen molar-refractivity contribution >= 4 is 0 Å². The molecule has 104 valence electrons. The predicted molar refractivity (Wildman–Crippen MR) is 66.8 cm³/mol. The molecule has 0 bridgehead atoms. The molecule has 2 heterocycles. The average molecular weight is 268 g/mol. The highest BCUT2D eigenvalue weighted by Gasteiger charge is 2.35. The molecule has 1 aromatic rings. The van der Waals surface area contributed by atoms with Gasteiger partial charge in [0.1, 0.15) is 12.3 Å². The Bertz CT molecular complexity index is 576. The van der Waals surface area contributed by atoms with Crippen molar-refractivity contribution in [1.29, 1.82) is 0 Å². The quantitative estimate of drug-likeness (QED) is 0.602. The zero-order valence-electron chi connectivity index (χ0n) is 10.3. The van der Waals surface area contributed by atoms with Crippen LogP contribution in [0.4, 0.5) is 0 Å². The van der Waals surface area contributed by atoms with Gasteiger partial charge >= 0.3 is 5.69 Å². The van der Waals surface area contributed by atoms with Crippen molar-refractivity contribution in [3.8, 4) is 0 Å². The van der Waals surface area contributed by atoms with Gasteiger partial charge in [-0.25, -0.2) is 4.79 Å². The molecule has 0 spiro atoms. The Kier molecular flexibility index (Phi) is 3.98. The van der Waals surface area contributed by atoms with E-state index in [1.807, 2.05) is 0 Å². The molecule has 0 radical (unpaired) electrons. The van der Waals surface area contributed by atoms with E-state index in [9.17, 15) is 14.7 Å². The van der Waals surface area contributed by atoms with E-state index in [2.05, 4.69) is 11.6 Å². The van der Waals surface area contributed by atoms with E-state index in [-0.39, 0.29) is 13.0 Å². The van der Waals surface area contributed by atoms with Crippen molar-refractivity contribution in [3.63, 3.8) is 0 Å². The third-order valence-corrected chi connectivity index (χ3v) is 3.10. The van der Waals surface area contributed by atoms with Gasteiger partial charge in [-0.15, -0.1) is 6.58 Å². The molecular formula is C12H16N2O5. The molecule has 0 aromatic carbocycles. The van der Waals surface area contributed by atoms with E-state index in [1.165, 1.54) is 10.8 Å². The molecule has 7 nitrogen and oxygen atoms in total. The maximum atomic E-state index is 11.7. The van der Waals surface area contributed by atoms with Crippen LogP contribution >= 0.6 is 0 Å². The number of hydrogen-bond donors (Lipinski definition) is 3. The molecule has 1 saturated heterocycles. The summed E-state index contributed by atoms with van der Waals surface area (Å²) in [5.41, 5.74) is -0.674. The van der Waals surface area contributed by atoms with Gasteiger partial charge in [-0.1, -0.05) is 6.08 Å². The van der Waals surface area contributed by atoms with Crippen LogP contribution in [-0.4, -0.2) is 38.6 Å². The first kappa shape index (κ1) is 13.7. The fourth-order valence-electron chi connectivity index (χ4n) is 2.09. The lowest BCUT2D eigenvalue weighted by Crippen LogP contribution is -2.34. The molecule has 3 N–H and O–H groups in total. The fraction of sp³-hybridized carbons (Fsp3) is 0.500.